The second-order valence-corrected chi connectivity index (χ2v) is 22.0. The minimum atomic E-state index is -4.64. The van der Waals surface area contributed by atoms with Crippen molar-refractivity contribution in [2.75, 3.05) is 47.5 Å². The molecule has 73 heavy (non-hydrogen) atoms. The highest BCUT2D eigenvalue weighted by Gasteiger charge is 2.22. The van der Waals surface area contributed by atoms with Crippen LogP contribution in [0.15, 0.2) is 97.2 Å². The molecule has 0 aromatic rings. The number of unbranched alkanes of at least 4 members (excludes halogenated alkanes) is 23. The molecule has 420 valence electrons. The molecule has 0 saturated carbocycles. The van der Waals surface area contributed by atoms with Gasteiger partial charge in [0.15, 0.2) is 6.10 Å². The smallest absolute Gasteiger partial charge is 0.306 e. The molecule has 2 atom stereocenters. The summed E-state index contributed by atoms with van der Waals surface area (Å²) in [6.45, 7) is 4.12. The summed E-state index contributed by atoms with van der Waals surface area (Å²) in [5.74, 6) is -0.837. The van der Waals surface area contributed by atoms with Crippen LogP contribution in [-0.4, -0.2) is 70.0 Å². The summed E-state index contributed by atoms with van der Waals surface area (Å²) in [7, 11) is 1.16. The van der Waals surface area contributed by atoms with Gasteiger partial charge in [-0.1, -0.05) is 246 Å². The third-order valence-electron chi connectivity index (χ3n) is 12.4. The first-order valence-electron chi connectivity index (χ1n) is 29.4. The van der Waals surface area contributed by atoms with Crippen LogP contribution in [0, 0.1) is 0 Å². The number of allylic oxidation sites excluding steroid dienone is 16. The molecule has 0 rings (SSSR count). The first-order chi connectivity index (χ1) is 35.5. The minimum absolute atomic E-state index is 0.0342. The lowest BCUT2D eigenvalue weighted by Crippen LogP contribution is -2.37. The van der Waals surface area contributed by atoms with Gasteiger partial charge >= 0.3 is 11.9 Å². The van der Waals surface area contributed by atoms with Crippen LogP contribution in [0.3, 0.4) is 0 Å². The third-order valence-corrected chi connectivity index (χ3v) is 13.3. The van der Waals surface area contributed by atoms with Crippen LogP contribution in [0.5, 0.6) is 0 Å². The first kappa shape index (κ1) is 69.9. The highest BCUT2D eigenvalue weighted by atomic mass is 31.2. The Morgan fingerprint density at radius 2 is 0.781 bits per heavy atom. The molecule has 0 aliphatic carbocycles. The van der Waals surface area contributed by atoms with Crippen molar-refractivity contribution in [2.24, 2.45) is 0 Å². The number of rotatable bonds is 53. The fraction of sp³-hybridized carbons (Fsp3) is 0.714. The summed E-state index contributed by atoms with van der Waals surface area (Å²) < 4.78 is 34.1. The Morgan fingerprint density at radius 3 is 1.16 bits per heavy atom. The van der Waals surface area contributed by atoms with E-state index in [9.17, 15) is 19.0 Å². The molecule has 0 spiro atoms. The standard InChI is InChI=1S/C63H110NO8P/c1-6-8-10-12-14-16-18-20-22-23-24-25-26-27-28-29-30-31-32-33-34-35-36-37-38-39-40-41-42-44-46-48-50-52-54-56-63(66)72-61(60-71-73(67,68)70-58-57-64(3,4)5)59-69-62(65)55-53-51-49-47-45-43-21-19-17-15-13-11-9-7-2/h8,10,14,16,20,22,24-25,27-28,30-31,33-34,36-37,61H,6-7,9,11-13,15,17-19,21,23,26,29,32,35,38-60H2,1-5H3/b10-8-,16-14-,22-20-,25-24-,28-27-,31-30-,34-33-,37-36-. The van der Waals surface area contributed by atoms with E-state index in [0.29, 0.717) is 17.4 Å². The minimum Gasteiger partial charge on any atom is -0.756 e. The zero-order valence-electron chi connectivity index (χ0n) is 47.6. The second-order valence-electron chi connectivity index (χ2n) is 20.6. The van der Waals surface area contributed by atoms with Crippen LogP contribution in [0.2, 0.25) is 0 Å². The maximum absolute atomic E-state index is 12.8. The Hall–Kier alpha value is -3.07. The van der Waals surface area contributed by atoms with Crippen LogP contribution >= 0.6 is 7.82 Å². The summed E-state index contributed by atoms with van der Waals surface area (Å²) in [5, 5.41) is 0. The largest absolute Gasteiger partial charge is 0.756 e. The number of carbonyl (C=O) groups excluding carboxylic acids is 2. The van der Waals surface area contributed by atoms with Gasteiger partial charge in [0.1, 0.15) is 19.8 Å². The van der Waals surface area contributed by atoms with Crippen molar-refractivity contribution in [2.45, 2.75) is 245 Å². The van der Waals surface area contributed by atoms with Gasteiger partial charge in [-0.25, -0.2) is 0 Å². The number of phosphoric ester groups is 1. The van der Waals surface area contributed by atoms with Gasteiger partial charge in [-0.15, -0.1) is 0 Å². The lowest BCUT2D eigenvalue weighted by molar-refractivity contribution is -0.870. The third kappa shape index (κ3) is 58.1. The molecule has 0 fully saturated rings. The van der Waals surface area contributed by atoms with E-state index in [2.05, 4.69) is 111 Å². The SMILES string of the molecule is CC/C=C\C/C=C\C/C=C\C/C=C\C/C=C\C/C=C\C/C=C\C/C=C\CCCCCCCCCCCCC(=O)OC(COC(=O)CCCCCCCCCCCCCCCC)COP(=O)([O-])OCC[N+](C)(C)C. The van der Waals surface area contributed by atoms with Gasteiger partial charge in [-0.2, -0.15) is 0 Å². The molecule has 0 aliphatic heterocycles. The van der Waals surface area contributed by atoms with E-state index >= 15 is 0 Å². The molecule has 0 aromatic heterocycles. The number of ether oxygens (including phenoxy) is 2. The van der Waals surface area contributed by atoms with Crippen molar-refractivity contribution < 1.29 is 42.1 Å². The second kappa shape index (κ2) is 53.7. The van der Waals surface area contributed by atoms with Crippen LogP contribution in [0.4, 0.5) is 0 Å². The summed E-state index contributed by atoms with van der Waals surface area (Å²) in [6.07, 6.45) is 73.1. The molecule has 10 heteroatoms. The van der Waals surface area contributed by atoms with Gasteiger partial charge in [0, 0.05) is 12.8 Å². The maximum atomic E-state index is 12.8. The molecule has 0 heterocycles. The summed E-state index contributed by atoms with van der Waals surface area (Å²) >= 11 is 0. The van der Waals surface area contributed by atoms with E-state index in [0.717, 1.165) is 96.3 Å². The number of nitrogens with zero attached hydrogens (tertiary/aromatic N) is 1. The fourth-order valence-electron chi connectivity index (χ4n) is 7.85. The van der Waals surface area contributed by atoms with Gasteiger partial charge in [0.25, 0.3) is 7.82 Å². The van der Waals surface area contributed by atoms with E-state index in [1.165, 1.54) is 109 Å². The zero-order valence-corrected chi connectivity index (χ0v) is 48.4. The van der Waals surface area contributed by atoms with Crippen LogP contribution in [0.25, 0.3) is 0 Å². The molecular formula is C63H110NO8P. The van der Waals surface area contributed by atoms with E-state index in [-0.39, 0.29) is 32.0 Å². The lowest BCUT2D eigenvalue weighted by Gasteiger charge is -2.28. The zero-order chi connectivity index (χ0) is 53.5. The number of hydrogen-bond acceptors (Lipinski definition) is 8. The van der Waals surface area contributed by atoms with Crippen molar-refractivity contribution >= 4 is 19.8 Å². The number of esters is 2. The van der Waals surface area contributed by atoms with Crippen molar-refractivity contribution in [1.82, 2.24) is 0 Å². The Balaban J connectivity index is 4.11. The predicted molar refractivity (Wildman–Crippen MR) is 309 cm³/mol. The van der Waals surface area contributed by atoms with Crippen molar-refractivity contribution in [1.29, 1.82) is 0 Å². The predicted octanol–water partition coefficient (Wildman–Crippen LogP) is 17.8. The van der Waals surface area contributed by atoms with Gasteiger partial charge in [-0.3, -0.25) is 14.2 Å². The first-order valence-corrected chi connectivity index (χ1v) is 30.9. The highest BCUT2D eigenvalue weighted by molar-refractivity contribution is 7.45. The monoisotopic (exact) mass is 1040 g/mol. The number of hydrogen-bond donors (Lipinski definition) is 0. The Bertz CT molecular complexity index is 1550. The van der Waals surface area contributed by atoms with Gasteiger partial charge < -0.3 is 27.9 Å². The Morgan fingerprint density at radius 1 is 0.438 bits per heavy atom. The van der Waals surface area contributed by atoms with E-state index < -0.39 is 26.5 Å². The van der Waals surface area contributed by atoms with Crippen LogP contribution in [0.1, 0.15) is 239 Å². The molecule has 0 bridgehead atoms. The number of likely N-dealkylation sites (N-methyl/N-ethyl adjacent to an activating group) is 1. The van der Waals surface area contributed by atoms with Gasteiger partial charge in [-0.05, 0) is 77.0 Å². The topological polar surface area (TPSA) is 111 Å². The Labute approximate surface area is 449 Å². The van der Waals surface area contributed by atoms with Crippen molar-refractivity contribution in [3.05, 3.63) is 97.2 Å². The average molecular weight is 1040 g/mol. The highest BCUT2D eigenvalue weighted by Crippen LogP contribution is 2.38. The quantitative estimate of drug-likeness (QED) is 0.0195. The molecule has 9 nitrogen and oxygen atoms in total. The average Bonchev–Trinajstić information content (AvgIpc) is 3.35. The van der Waals surface area contributed by atoms with Crippen molar-refractivity contribution in [3.63, 3.8) is 0 Å². The molecule has 0 radical (unpaired) electrons. The fourth-order valence-corrected chi connectivity index (χ4v) is 8.58. The molecule has 0 amide bonds. The molecule has 0 saturated heterocycles. The summed E-state index contributed by atoms with van der Waals surface area (Å²) in [5.41, 5.74) is 0. The van der Waals surface area contributed by atoms with Crippen LogP contribution < -0.4 is 4.89 Å². The van der Waals surface area contributed by atoms with E-state index in [1.54, 1.807) is 0 Å². The Kier molecular flexibility index (Phi) is 51.5. The maximum Gasteiger partial charge on any atom is 0.306 e. The number of carbonyl (C=O) groups is 2. The molecule has 0 aliphatic rings. The number of phosphoric acid groups is 1. The summed E-state index contributed by atoms with van der Waals surface area (Å²) in [6, 6.07) is 0. The van der Waals surface area contributed by atoms with Gasteiger partial charge in [0.05, 0.1) is 27.7 Å². The van der Waals surface area contributed by atoms with Gasteiger partial charge in [0.2, 0.25) is 0 Å². The molecule has 2 unspecified atom stereocenters. The molecule has 0 N–H and O–H groups in total. The molecular weight excluding hydrogens is 930 g/mol. The molecule has 0 aromatic carbocycles. The normalized spacial score (nSPS) is 14.0. The van der Waals surface area contributed by atoms with Crippen molar-refractivity contribution in [3.8, 4) is 0 Å². The van der Waals surface area contributed by atoms with E-state index in [4.69, 9.17) is 18.5 Å². The number of quaternary nitrogens is 1. The van der Waals surface area contributed by atoms with Crippen LogP contribution in [-0.2, 0) is 32.7 Å². The lowest BCUT2D eigenvalue weighted by atomic mass is 10.0. The van der Waals surface area contributed by atoms with E-state index in [1.807, 2.05) is 21.1 Å². The summed E-state index contributed by atoms with van der Waals surface area (Å²) in [4.78, 5) is 37.8.